The quantitative estimate of drug-likeness (QED) is 0.205. The molecule has 1 N–H and O–H groups in total. The maximum Gasteiger partial charge on any atom is 0.266 e. The van der Waals surface area contributed by atoms with E-state index >= 15 is 0 Å². The summed E-state index contributed by atoms with van der Waals surface area (Å²) in [5.74, 6) is -0.0986. The van der Waals surface area contributed by atoms with E-state index in [9.17, 15) is 10.1 Å². The highest BCUT2D eigenvalue weighted by molar-refractivity contribution is 6.42. The van der Waals surface area contributed by atoms with E-state index in [1.165, 1.54) is 12.1 Å². The molecule has 174 valence electrons. The summed E-state index contributed by atoms with van der Waals surface area (Å²) in [7, 11) is 0. The molecule has 0 saturated carbocycles. The van der Waals surface area contributed by atoms with Crippen LogP contribution in [0.25, 0.3) is 16.8 Å². The van der Waals surface area contributed by atoms with Crippen LogP contribution in [-0.4, -0.2) is 5.91 Å². The molecule has 0 atom stereocenters. The molecule has 0 bridgehead atoms. The third-order valence-electron chi connectivity index (χ3n) is 5.46. The Morgan fingerprint density at radius 1 is 1.00 bits per heavy atom. The van der Waals surface area contributed by atoms with Crippen molar-refractivity contribution in [3.05, 3.63) is 110 Å². The SMILES string of the molecule is Cc1ccc2ccccc2c1COc1ccc(Cl)cc1/C=C(\C#N)C(=O)Nc1ccc(Cl)c(Cl)c1. The second-order valence-electron chi connectivity index (χ2n) is 7.81. The molecule has 0 saturated heterocycles. The number of carbonyl (C=O) groups excluding carboxylic acids is 1. The summed E-state index contributed by atoms with van der Waals surface area (Å²) in [5.41, 5.74) is 2.97. The number of anilines is 1. The van der Waals surface area contributed by atoms with Crippen molar-refractivity contribution in [2.45, 2.75) is 13.5 Å². The fourth-order valence-electron chi connectivity index (χ4n) is 3.63. The van der Waals surface area contributed by atoms with Gasteiger partial charge < -0.3 is 10.1 Å². The van der Waals surface area contributed by atoms with Crippen LogP contribution in [0.1, 0.15) is 16.7 Å². The van der Waals surface area contributed by atoms with E-state index in [0.717, 1.165) is 21.9 Å². The monoisotopic (exact) mass is 520 g/mol. The number of ether oxygens (including phenoxy) is 1. The number of benzene rings is 4. The largest absolute Gasteiger partial charge is 0.488 e. The summed E-state index contributed by atoms with van der Waals surface area (Å²) in [5, 5.41) is 15.7. The average molecular weight is 522 g/mol. The van der Waals surface area contributed by atoms with Crippen LogP contribution in [0.15, 0.2) is 78.4 Å². The van der Waals surface area contributed by atoms with Gasteiger partial charge in [0.15, 0.2) is 0 Å². The maximum absolute atomic E-state index is 12.8. The molecule has 0 aliphatic carbocycles. The number of hydrogen-bond donors (Lipinski definition) is 1. The minimum absolute atomic E-state index is 0.121. The lowest BCUT2D eigenvalue weighted by Crippen LogP contribution is -2.13. The number of aryl methyl sites for hydroxylation is 1. The van der Waals surface area contributed by atoms with Crippen LogP contribution in [0.5, 0.6) is 5.75 Å². The Hall–Kier alpha value is -3.49. The van der Waals surface area contributed by atoms with Gasteiger partial charge in [0.05, 0.1) is 10.0 Å². The summed E-state index contributed by atoms with van der Waals surface area (Å²) in [6.45, 7) is 2.35. The van der Waals surface area contributed by atoms with Crippen molar-refractivity contribution in [1.29, 1.82) is 5.26 Å². The van der Waals surface area contributed by atoms with Crippen molar-refractivity contribution in [2.24, 2.45) is 0 Å². The average Bonchev–Trinajstić information content (AvgIpc) is 2.85. The Kier molecular flexibility index (Phi) is 7.63. The Balaban J connectivity index is 1.61. The normalized spacial score (nSPS) is 11.2. The first-order chi connectivity index (χ1) is 16.9. The molecule has 1 amide bonds. The van der Waals surface area contributed by atoms with Gasteiger partial charge in [0.2, 0.25) is 0 Å². The molecule has 0 spiro atoms. The number of fused-ring (bicyclic) bond motifs is 1. The molecule has 4 aromatic carbocycles. The second kappa shape index (κ2) is 10.8. The molecule has 35 heavy (non-hydrogen) atoms. The lowest BCUT2D eigenvalue weighted by molar-refractivity contribution is -0.112. The Labute approximate surface area is 218 Å². The van der Waals surface area contributed by atoms with Crippen molar-refractivity contribution in [1.82, 2.24) is 0 Å². The van der Waals surface area contributed by atoms with Gasteiger partial charge in [0.25, 0.3) is 5.91 Å². The van der Waals surface area contributed by atoms with Crippen molar-refractivity contribution < 1.29 is 9.53 Å². The summed E-state index contributed by atoms with van der Waals surface area (Å²) < 4.78 is 6.16. The van der Waals surface area contributed by atoms with E-state index in [1.807, 2.05) is 25.1 Å². The number of nitrogens with zero attached hydrogens (tertiary/aromatic N) is 1. The zero-order valence-electron chi connectivity index (χ0n) is 18.6. The van der Waals surface area contributed by atoms with E-state index < -0.39 is 5.91 Å². The van der Waals surface area contributed by atoms with Crippen molar-refractivity contribution in [3.8, 4) is 11.8 Å². The molecule has 0 aliphatic rings. The third kappa shape index (κ3) is 5.78. The minimum Gasteiger partial charge on any atom is -0.488 e. The van der Waals surface area contributed by atoms with Gasteiger partial charge >= 0.3 is 0 Å². The summed E-state index contributed by atoms with van der Waals surface area (Å²) in [6, 6.07) is 23.9. The minimum atomic E-state index is -0.596. The van der Waals surface area contributed by atoms with Gasteiger partial charge in [0, 0.05) is 21.8 Å². The molecule has 0 radical (unpaired) electrons. The van der Waals surface area contributed by atoms with E-state index in [4.69, 9.17) is 39.5 Å². The van der Waals surface area contributed by atoms with Crippen LogP contribution >= 0.6 is 34.8 Å². The summed E-state index contributed by atoms with van der Waals surface area (Å²) in [4.78, 5) is 12.8. The van der Waals surface area contributed by atoms with Crippen molar-refractivity contribution in [2.75, 3.05) is 5.32 Å². The van der Waals surface area contributed by atoms with Gasteiger partial charge in [-0.15, -0.1) is 0 Å². The number of halogens is 3. The van der Waals surface area contributed by atoms with Gasteiger partial charge in [0.1, 0.15) is 24.0 Å². The van der Waals surface area contributed by atoms with Crippen LogP contribution < -0.4 is 10.1 Å². The van der Waals surface area contributed by atoms with Gasteiger partial charge in [-0.2, -0.15) is 5.26 Å². The second-order valence-corrected chi connectivity index (χ2v) is 9.06. The molecule has 4 aromatic rings. The van der Waals surface area contributed by atoms with E-state index in [0.29, 0.717) is 38.7 Å². The lowest BCUT2D eigenvalue weighted by Gasteiger charge is -2.14. The van der Waals surface area contributed by atoms with Gasteiger partial charge in [-0.25, -0.2) is 0 Å². The molecule has 0 aliphatic heterocycles. The smallest absolute Gasteiger partial charge is 0.266 e. The fourth-order valence-corrected chi connectivity index (χ4v) is 4.11. The van der Waals surface area contributed by atoms with Gasteiger partial charge in [-0.3, -0.25) is 4.79 Å². The molecular weight excluding hydrogens is 503 g/mol. The highest BCUT2D eigenvalue weighted by atomic mass is 35.5. The number of carbonyl (C=O) groups is 1. The molecule has 7 heteroatoms. The summed E-state index contributed by atoms with van der Waals surface area (Å²) >= 11 is 18.2. The molecule has 0 heterocycles. The first-order valence-corrected chi connectivity index (χ1v) is 11.8. The maximum atomic E-state index is 12.8. The highest BCUT2D eigenvalue weighted by Crippen LogP contribution is 2.29. The highest BCUT2D eigenvalue weighted by Gasteiger charge is 2.14. The molecular formula is C28H19Cl3N2O2. The molecule has 4 nitrogen and oxygen atoms in total. The topological polar surface area (TPSA) is 62.1 Å². The van der Waals surface area contributed by atoms with Gasteiger partial charge in [-0.05, 0) is 65.7 Å². The zero-order valence-corrected chi connectivity index (χ0v) is 20.9. The predicted molar refractivity (Wildman–Crippen MR) is 143 cm³/mol. The third-order valence-corrected chi connectivity index (χ3v) is 6.44. The van der Waals surface area contributed by atoms with Crippen LogP contribution in [0.2, 0.25) is 15.1 Å². The van der Waals surface area contributed by atoms with Crippen molar-refractivity contribution in [3.63, 3.8) is 0 Å². The first-order valence-electron chi connectivity index (χ1n) is 10.6. The van der Waals surface area contributed by atoms with E-state index in [2.05, 4.69) is 29.6 Å². The fraction of sp³-hybridized carbons (Fsp3) is 0.0714. The van der Waals surface area contributed by atoms with Crippen LogP contribution in [0.4, 0.5) is 5.69 Å². The zero-order chi connectivity index (χ0) is 24.9. The number of nitrogens with one attached hydrogen (secondary N) is 1. The summed E-state index contributed by atoms with van der Waals surface area (Å²) in [6.07, 6.45) is 1.45. The number of rotatable bonds is 6. The number of nitriles is 1. The van der Waals surface area contributed by atoms with Gasteiger partial charge in [-0.1, -0.05) is 71.2 Å². The molecule has 0 aromatic heterocycles. The molecule has 0 unspecified atom stereocenters. The Morgan fingerprint density at radius 3 is 2.57 bits per heavy atom. The lowest BCUT2D eigenvalue weighted by atomic mass is 10.0. The Bertz CT molecular complexity index is 1510. The molecule has 0 fully saturated rings. The molecule has 4 rings (SSSR count). The van der Waals surface area contributed by atoms with Crippen molar-refractivity contribution >= 4 is 63.2 Å². The number of hydrogen-bond acceptors (Lipinski definition) is 3. The number of amides is 1. The van der Waals surface area contributed by atoms with Crippen LogP contribution in [-0.2, 0) is 11.4 Å². The van der Waals surface area contributed by atoms with Crippen LogP contribution in [0, 0.1) is 18.3 Å². The van der Waals surface area contributed by atoms with Crippen LogP contribution in [0.3, 0.4) is 0 Å². The first kappa shape index (κ1) is 24.6. The Morgan fingerprint density at radius 2 is 1.80 bits per heavy atom. The van der Waals surface area contributed by atoms with E-state index in [1.54, 1.807) is 30.3 Å². The standard InChI is InChI=1S/C28H19Cl3N2O2/c1-17-6-7-18-4-2-3-5-23(18)24(17)16-35-27-11-8-21(29)13-19(27)12-20(15-32)28(34)33-22-9-10-25(30)26(31)14-22/h2-14H,16H2,1H3,(H,33,34)/b20-12+. The predicted octanol–water partition coefficient (Wildman–Crippen LogP) is 8.23. The van der Waals surface area contributed by atoms with E-state index in [-0.39, 0.29) is 5.57 Å².